The molecule has 0 spiro atoms. The lowest BCUT2D eigenvalue weighted by atomic mass is 9.80. The molecule has 1 aliphatic rings. The Labute approximate surface area is 220 Å². The zero-order valence-corrected chi connectivity index (χ0v) is 23.1. The van der Waals surface area contributed by atoms with Gasteiger partial charge in [-0.05, 0) is 59.4 Å². The van der Waals surface area contributed by atoms with Crippen molar-refractivity contribution in [2.24, 2.45) is 0 Å². The largest absolute Gasteiger partial charge is 0.388 e. The lowest BCUT2D eigenvalue weighted by molar-refractivity contribution is -0.0300. The second-order valence-corrected chi connectivity index (χ2v) is 11.8. The highest BCUT2D eigenvalue weighted by atomic mass is 32.1. The molecule has 1 aliphatic carbocycles. The van der Waals surface area contributed by atoms with Crippen LogP contribution in [-0.4, -0.2) is 62.6 Å². The van der Waals surface area contributed by atoms with Gasteiger partial charge in [0.15, 0.2) is 5.01 Å². The summed E-state index contributed by atoms with van der Waals surface area (Å²) in [6, 6.07) is 1.16. The van der Waals surface area contributed by atoms with Gasteiger partial charge in [-0.3, -0.25) is 9.59 Å². The molecule has 3 N–H and O–H groups in total. The number of anilines is 1. The summed E-state index contributed by atoms with van der Waals surface area (Å²) in [5.74, 6) is -0.738. The zero-order chi connectivity index (χ0) is 27.5. The molecule has 204 valence electrons. The van der Waals surface area contributed by atoms with E-state index in [-0.39, 0.29) is 45.1 Å². The summed E-state index contributed by atoms with van der Waals surface area (Å²) >= 11 is 0.872. The smallest absolute Gasteiger partial charge is 0.280 e. The SMILES string of the molecule is CCC[C@H](C)N(C)C(=O)c1nc(C(=O)NCC2(O)CCC2)sc1-c1cnc(NC(C)(C)C)cc1C(F)F. The molecule has 2 heterocycles. The Hall–Kier alpha value is -2.66. The minimum atomic E-state index is -2.84. The number of nitrogens with one attached hydrogen (secondary N) is 2. The van der Waals surface area contributed by atoms with E-state index in [0.29, 0.717) is 12.8 Å². The molecule has 0 bridgehead atoms. The topological polar surface area (TPSA) is 107 Å². The third kappa shape index (κ3) is 7.01. The monoisotopic (exact) mass is 537 g/mol. The van der Waals surface area contributed by atoms with Gasteiger partial charge < -0.3 is 20.6 Å². The lowest BCUT2D eigenvalue weighted by Gasteiger charge is -2.36. The van der Waals surface area contributed by atoms with Crippen molar-refractivity contribution < 1.29 is 23.5 Å². The number of hydrogen-bond acceptors (Lipinski definition) is 7. The third-order valence-corrected chi connectivity index (χ3v) is 7.58. The Balaban J connectivity index is 2.05. The van der Waals surface area contributed by atoms with Crippen LogP contribution in [-0.2, 0) is 0 Å². The first kappa shape index (κ1) is 28.9. The minimum Gasteiger partial charge on any atom is -0.388 e. The lowest BCUT2D eigenvalue weighted by Crippen LogP contribution is -2.47. The summed E-state index contributed by atoms with van der Waals surface area (Å²) in [6.07, 6.45) is 2.15. The van der Waals surface area contributed by atoms with Gasteiger partial charge in [0.25, 0.3) is 18.2 Å². The number of hydrogen-bond donors (Lipinski definition) is 3. The molecule has 0 saturated heterocycles. The maximum atomic E-state index is 14.2. The van der Waals surface area contributed by atoms with Gasteiger partial charge in [-0.2, -0.15) is 0 Å². The van der Waals surface area contributed by atoms with E-state index in [4.69, 9.17) is 0 Å². The highest BCUT2D eigenvalue weighted by Gasteiger charge is 2.35. The minimum absolute atomic E-state index is 0.0325. The first-order valence-electron chi connectivity index (χ1n) is 12.6. The zero-order valence-electron chi connectivity index (χ0n) is 22.3. The molecule has 0 aliphatic heterocycles. The van der Waals surface area contributed by atoms with Crippen LogP contribution < -0.4 is 10.6 Å². The summed E-state index contributed by atoms with van der Waals surface area (Å²) in [6.45, 7) is 9.65. The highest BCUT2D eigenvalue weighted by Crippen LogP contribution is 2.39. The number of rotatable bonds is 10. The molecule has 3 rings (SSSR count). The van der Waals surface area contributed by atoms with Gasteiger partial charge in [-0.1, -0.05) is 13.3 Å². The van der Waals surface area contributed by atoms with E-state index in [1.54, 1.807) is 7.05 Å². The summed E-state index contributed by atoms with van der Waals surface area (Å²) in [5.41, 5.74) is -1.65. The number of aromatic nitrogens is 2. The number of aliphatic hydroxyl groups is 1. The molecule has 8 nitrogen and oxygen atoms in total. The average molecular weight is 538 g/mol. The molecule has 11 heteroatoms. The third-order valence-electron chi connectivity index (χ3n) is 6.49. The summed E-state index contributed by atoms with van der Waals surface area (Å²) < 4.78 is 28.5. The van der Waals surface area contributed by atoms with Gasteiger partial charge in [0.2, 0.25) is 0 Å². The van der Waals surface area contributed by atoms with Crippen molar-refractivity contribution in [1.82, 2.24) is 20.2 Å². The maximum absolute atomic E-state index is 14.2. The number of amides is 2. The number of halogens is 2. The summed E-state index contributed by atoms with van der Waals surface area (Å²) in [7, 11) is 1.64. The fourth-order valence-electron chi connectivity index (χ4n) is 4.10. The van der Waals surface area contributed by atoms with E-state index in [0.717, 1.165) is 30.6 Å². The van der Waals surface area contributed by atoms with Gasteiger partial charge in [-0.15, -0.1) is 11.3 Å². The van der Waals surface area contributed by atoms with E-state index < -0.39 is 29.4 Å². The normalized spacial score (nSPS) is 15.7. The van der Waals surface area contributed by atoms with E-state index in [1.165, 1.54) is 17.2 Å². The predicted molar refractivity (Wildman–Crippen MR) is 141 cm³/mol. The van der Waals surface area contributed by atoms with Gasteiger partial charge in [-0.25, -0.2) is 18.7 Å². The van der Waals surface area contributed by atoms with Crippen LogP contribution in [0.4, 0.5) is 14.6 Å². The van der Waals surface area contributed by atoms with E-state index in [2.05, 4.69) is 20.6 Å². The number of carbonyl (C=O) groups is 2. The van der Waals surface area contributed by atoms with Crippen molar-refractivity contribution in [2.75, 3.05) is 18.9 Å². The van der Waals surface area contributed by atoms with E-state index >= 15 is 0 Å². The molecule has 0 aromatic carbocycles. The number of carbonyl (C=O) groups excluding carboxylic acids is 2. The standard InChI is InChI=1S/C26H37F2N5O3S/c1-7-9-15(2)33(6)24(35)19-20(37-23(31-19)22(34)30-14-26(36)10-8-11-26)17-13-29-18(32-25(3,4)5)12-16(17)21(27)28/h12-13,15,21,36H,7-11,14H2,1-6H3,(H,29,32)(H,30,34)/t15-/m0/s1. The molecule has 1 fully saturated rings. The van der Waals surface area contributed by atoms with Gasteiger partial charge >= 0.3 is 0 Å². The van der Waals surface area contributed by atoms with Gasteiger partial charge in [0, 0.05) is 42.5 Å². The molecule has 1 saturated carbocycles. The number of thiazole rings is 1. The molecule has 0 unspecified atom stereocenters. The first-order chi connectivity index (χ1) is 17.2. The molecule has 0 radical (unpaired) electrons. The van der Waals surface area contributed by atoms with Crippen LogP contribution in [0.1, 0.15) is 99.0 Å². The Morgan fingerprint density at radius 1 is 1.30 bits per heavy atom. The van der Waals surface area contributed by atoms with Crippen LogP contribution in [0.5, 0.6) is 0 Å². The quantitative estimate of drug-likeness (QED) is 0.382. The van der Waals surface area contributed by atoms with Crippen LogP contribution in [0.15, 0.2) is 12.3 Å². The number of nitrogens with zero attached hydrogens (tertiary/aromatic N) is 3. The Bertz CT molecular complexity index is 1130. The highest BCUT2D eigenvalue weighted by molar-refractivity contribution is 7.17. The maximum Gasteiger partial charge on any atom is 0.280 e. The number of pyridine rings is 1. The van der Waals surface area contributed by atoms with Crippen molar-refractivity contribution in [3.8, 4) is 10.4 Å². The first-order valence-corrected chi connectivity index (χ1v) is 13.4. The Kier molecular flexibility index (Phi) is 8.89. The van der Waals surface area contributed by atoms with Crippen LogP contribution in [0.2, 0.25) is 0 Å². The summed E-state index contributed by atoms with van der Waals surface area (Å²) in [5, 5.41) is 16.1. The van der Waals surface area contributed by atoms with Crippen LogP contribution in [0.25, 0.3) is 10.4 Å². The molecule has 2 aromatic heterocycles. The van der Waals surface area contributed by atoms with Crippen molar-refractivity contribution in [3.05, 3.63) is 28.5 Å². The average Bonchev–Trinajstić information content (AvgIpc) is 3.24. The molecular weight excluding hydrogens is 500 g/mol. The number of alkyl halides is 2. The molecular formula is C26H37F2N5O3S. The Morgan fingerprint density at radius 3 is 2.51 bits per heavy atom. The fourth-order valence-corrected chi connectivity index (χ4v) is 5.10. The van der Waals surface area contributed by atoms with Gasteiger partial charge in [0.1, 0.15) is 11.5 Å². The Morgan fingerprint density at radius 2 is 1.97 bits per heavy atom. The van der Waals surface area contributed by atoms with Crippen molar-refractivity contribution in [1.29, 1.82) is 0 Å². The van der Waals surface area contributed by atoms with Crippen LogP contribution in [0.3, 0.4) is 0 Å². The van der Waals surface area contributed by atoms with Crippen molar-refractivity contribution in [2.45, 2.75) is 90.3 Å². The van der Waals surface area contributed by atoms with Crippen LogP contribution >= 0.6 is 11.3 Å². The van der Waals surface area contributed by atoms with Crippen molar-refractivity contribution >= 4 is 29.0 Å². The summed E-state index contributed by atoms with van der Waals surface area (Å²) in [4.78, 5) is 36.7. The molecule has 1 atom stereocenters. The molecule has 2 amide bonds. The van der Waals surface area contributed by atoms with Crippen molar-refractivity contribution in [3.63, 3.8) is 0 Å². The molecule has 37 heavy (non-hydrogen) atoms. The van der Waals surface area contributed by atoms with Crippen LogP contribution in [0, 0.1) is 0 Å². The van der Waals surface area contributed by atoms with E-state index in [1.807, 2.05) is 34.6 Å². The second kappa shape index (κ2) is 11.4. The fraction of sp³-hybridized carbons (Fsp3) is 0.615. The van der Waals surface area contributed by atoms with E-state index in [9.17, 15) is 23.5 Å². The predicted octanol–water partition coefficient (Wildman–Crippen LogP) is 5.26. The second-order valence-electron chi connectivity index (χ2n) is 10.8. The van der Waals surface area contributed by atoms with Gasteiger partial charge in [0.05, 0.1) is 10.5 Å². The molecule has 2 aromatic rings.